The van der Waals surface area contributed by atoms with Crippen LogP contribution in [-0.2, 0) is 9.53 Å². The lowest BCUT2D eigenvalue weighted by atomic mass is 10.1. The number of halogens is 1. The smallest absolute Gasteiger partial charge is 0.346 e. The van der Waals surface area contributed by atoms with E-state index in [1.807, 2.05) is 0 Å². The summed E-state index contributed by atoms with van der Waals surface area (Å²) >= 11 is 5.79. The van der Waals surface area contributed by atoms with Crippen molar-refractivity contribution < 1.29 is 19.2 Å². The molecule has 1 N–H and O–H groups in total. The molecule has 7 nitrogen and oxygen atoms in total. The Bertz CT molecular complexity index is 1040. The van der Waals surface area contributed by atoms with Gasteiger partial charge in [0.05, 0.1) is 4.92 Å². The van der Waals surface area contributed by atoms with Gasteiger partial charge in [-0.25, -0.2) is 4.79 Å². The maximum atomic E-state index is 12.8. The molecule has 0 heterocycles. The molecule has 146 valence electrons. The predicted molar refractivity (Wildman–Crippen MR) is 108 cm³/mol. The van der Waals surface area contributed by atoms with E-state index in [-0.39, 0.29) is 10.6 Å². The summed E-state index contributed by atoms with van der Waals surface area (Å²) in [6.07, 6.45) is -1.31. The summed E-state index contributed by atoms with van der Waals surface area (Å²) in [4.78, 5) is 36.0. The molecule has 0 aliphatic carbocycles. The third kappa shape index (κ3) is 4.97. The molecular weight excluding hydrogens is 396 g/mol. The number of nitro benzene ring substituents is 1. The fourth-order valence-electron chi connectivity index (χ4n) is 2.63. The van der Waals surface area contributed by atoms with Gasteiger partial charge in [0.25, 0.3) is 11.6 Å². The van der Waals surface area contributed by atoms with Crippen molar-refractivity contribution in [1.29, 1.82) is 0 Å². The Morgan fingerprint density at radius 2 is 1.59 bits per heavy atom. The second-order valence-corrected chi connectivity index (χ2v) is 6.41. The Hall–Kier alpha value is -3.71. The highest BCUT2D eigenvalue weighted by Crippen LogP contribution is 2.27. The van der Waals surface area contributed by atoms with Crippen LogP contribution in [0.2, 0.25) is 5.02 Å². The summed E-state index contributed by atoms with van der Waals surface area (Å²) in [6, 6.07) is 20.6. The van der Waals surface area contributed by atoms with Crippen LogP contribution < -0.4 is 5.32 Å². The second-order valence-electron chi connectivity index (χ2n) is 5.97. The molecule has 1 amide bonds. The van der Waals surface area contributed by atoms with Gasteiger partial charge in [0.1, 0.15) is 5.56 Å². The first kappa shape index (κ1) is 20.0. The van der Waals surface area contributed by atoms with Crippen molar-refractivity contribution in [3.8, 4) is 0 Å². The molecule has 0 saturated carbocycles. The standard InChI is InChI=1S/C21H15ClN2O5/c22-15-11-12-17(18(13-15)24(27)28)21(26)29-19(14-7-3-1-4-8-14)20(25)23-16-9-5-2-6-10-16/h1-13,19H,(H,23,25). The highest BCUT2D eigenvalue weighted by atomic mass is 35.5. The van der Waals surface area contributed by atoms with Gasteiger partial charge in [0.2, 0.25) is 6.10 Å². The van der Waals surface area contributed by atoms with E-state index >= 15 is 0 Å². The largest absolute Gasteiger partial charge is 0.443 e. The molecule has 0 radical (unpaired) electrons. The number of nitrogens with zero attached hydrogens (tertiary/aromatic N) is 1. The molecule has 1 unspecified atom stereocenters. The molecule has 8 heteroatoms. The number of hydrogen-bond acceptors (Lipinski definition) is 5. The zero-order valence-corrected chi connectivity index (χ0v) is 15.7. The number of nitrogens with one attached hydrogen (secondary N) is 1. The normalized spacial score (nSPS) is 11.3. The number of para-hydroxylation sites is 1. The van der Waals surface area contributed by atoms with Crippen LogP contribution in [0.15, 0.2) is 78.9 Å². The maximum Gasteiger partial charge on any atom is 0.346 e. The van der Waals surface area contributed by atoms with E-state index in [2.05, 4.69) is 5.32 Å². The third-order valence-corrected chi connectivity index (χ3v) is 4.22. The van der Waals surface area contributed by atoms with Gasteiger partial charge < -0.3 is 10.1 Å². The van der Waals surface area contributed by atoms with Crippen LogP contribution in [0.1, 0.15) is 22.0 Å². The fourth-order valence-corrected chi connectivity index (χ4v) is 2.80. The fraction of sp³-hybridized carbons (Fsp3) is 0.0476. The average Bonchev–Trinajstić information content (AvgIpc) is 2.73. The summed E-state index contributed by atoms with van der Waals surface area (Å²) in [5.41, 5.74) is 0.142. The first-order chi connectivity index (χ1) is 14.0. The van der Waals surface area contributed by atoms with Crippen molar-refractivity contribution in [2.24, 2.45) is 0 Å². The lowest BCUT2D eigenvalue weighted by Crippen LogP contribution is -2.26. The number of nitro groups is 1. The molecule has 0 spiro atoms. The van der Waals surface area contributed by atoms with E-state index < -0.39 is 28.6 Å². The molecule has 29 heavy (non-hydrogen) atoms. The zero-order valence-electron chi connectivity index (χ0n) is 14.9. The highest BCUT2D eigenvalue weighted by molar-refractivity contribution is 6.31. The number of amides is 1. The monoisotopic (exact) mass is 410 g/mol. The number of ether oxygens (including phenoxy) is 1. The van der Waals surface area contributed by atoms with Crippen LogP contribution in [0, 0.1) is 10.1 Å². The van der Waals surface area contributed by atoms with Gasteiger partial charge in [-0.05, 0) is 24.3 Å². The molecule has 3 aromatic carbocycles. The highest BCUT2D eigenvalue weighted by Gasteiger charge is 2.29. The Balaban J connectivity index is 1.91. The summed E-state index contributed by atoms with van der Waals surface area (Å²) in [5, 5.41) is 14.0. The molecule has 1 atom stereocenters. The number of hydrogen-bond donors (Lipinski definition) is 1. The van der Waals surface area contributed by atoms with E-state index in [0.717, 1.165) is 6.07 Å². The van der Waals surface area contributed by atoms with Crippen LogP contribution in [0.25, 0.3) is 0 Å². The SMILES string of the molecule is O=C(OC(C(=O)Nc1ccccc1)c1ccccc1)c1ccc(Cl)cc1[N+](=O)[O-]. The van der Waals surface area contributed by atoms with E-state index in [1.54, 1.807) is 60.7 Å². The van der Waals surface area contributed by atoms with Crippen molar-refractivity contribution in [2.75, 3.05) is 5.32 Å². The summed E-state index contributed by atoms with van der Waals surface area (Å²) in [7, 11) is 0. The van der Waals surface area contributed by atoms with Crippen LogP contribution in [0.5, 0.6) is 0 Å². The number of carbonyl (C=O) groups excluding carboxylic acids is 2. The van der Waals surface area contributed by atoms with Crippen molar-refractivity contribution >= 4 is 34.9 Å². The first-order valence-electron chi connectivity index (χ1n) is 8.51. The first-order valence-corrected chi connectivity index (χ1v) is 8.89. The Morgan fingerprint density at radius 3 is 2.21 bits per heavy atom. The quantitative estimate of drug-likeness (QED) is 0.358. The van der Waals surface area contributed by atoms with Crippen molar-refractivity contribution in [3.63, 3.8) is 0 Å². The van der Waals surface area contributed by atoms with Gasteiger partial charge in [-0.1, -0.05) is 60.1 Å². The lowest BCUT2D eigenvalue weighted by molar-refractivity contribution is -0.385. The topological polar surface area (TPSA) is 98.5 Å². The zero-order chi connectivity index (χ0) is 20.8. The Morgan fingerprint density at radius 1 is 0.966 bits per heavy atom. The molecule has 0 bridgehead atoms. The van der Waals surface area contributed by atoms with E-state index in [9.17, 15) is 19.7 Å². The molecule has 0 saturated heterocycles. The van der Waals surface area contributed by atoms with Crippen LogP contribution in [-0.4, -0.2) is 16.8 Å². The van der Waals surface area contributed by atoms with Crippen LogP contribution in [0.4, 0.5) is 11.4 Å². The van der Waals surface area contributed by atoms with E-state index in [4.69, 9.17) is 16.3 Å². The summed E-state index contributed by atoms with van der Waals surface area (Å²) in [5.74, 6) is -1.60. The van der Waals surface area contributed by atoms with Gasteiger partial charge in [-0.3, -0.25) is 14.9 Å². The summed E-state index contributed by atoms with van der Waals surface area (Å²) in [6.45, 7) is 0. The number of anilines is 1. The van der Waals surface area contributed by atoms with Crippen LogP contribution in [0.3, 0.4) is 0 Å². The predicted octanol–water partition coefficient (Wildman–Crippen LogP) is 4.79. The van der Waals surface area contributed by atoms with Gasteiger partial charge >= 0.3 is 5.97 Å². The van der Waals surface area contributed by atoms with Crippen molar-refractivity contribution in [1.82, 2.24) is 0 Å². The number of carbonyl (C=O) groups is 2. The van der Waals surface area contributed by atoms with Crippen molar-refractivity contribution in [3.05, 3.63) is 105 Å². The minimum Gasteiger partial charge on any atom is -0.443 e. The average molecular weight is 411 g/mol. The minimum absolute atomic E-state index is 0.106. The molecule has 3 aromatic rings. The Labute approximate surface area is 171 Å². The van der Waals surface area contributed by atoms with Gasteiger partial charge in [0, 0.05) is 22.3 Å². The van der Waals surface area contributed by atoms with Gasteiger partial charge in [-0.15, -0.1) is 0 Å². The lowest BCUT2D eigenvalue weighted by Gasteiger charge is -2.18. The maximum absolute atomic E-state index is 12.8. The van der Waals surface area contributed by atoms with Crippen molar-refractivity contribution in [2.45, 2.75) is 6.10 Å². The summed E-state index contributed by atoms with van der Waals surface area (Å²) < 4.78 is 5.39. The number of benzene rings is 3. The van der Waals surface area contributed by atoms with Gasteiger partial charge in [-0.2, -0.15) is 0 Å². The minimum atomic E-state index is -1.31. The van der Waals surface area contributed by atoms with Gasteiger partial charge in [0.15, 0.2) is 0 Å². The van der Waals surface area contributed by atoms with E-state index in [0.29, 0.717) is 11.3 Å². The molecular formula is C21H15ClN2O5. The second kappa shape index (κ2) is 8.99. The molecule has 0 aliphatic heterocycles. The molecule has 0 fully saturated rings. The molecule has 0 aliphatic rings. The molecule has 0 aromatic heterocycles. The number of esters is 1. The molecule has 3 rings (SSSR count). The number of rotatable bonds is 6. The Kier molecular flexibility index (Phi) is 6.21. The van der Waals surface area contributed by atoms with E-state index in [1.165, 1.54) is 12.1 Å². The van der Waals surface area contributed by atoms with Crippen LogP contribution >= 0.6 is 11.6 Å². The third-order valence-electron chi connectivity index (χ3n) is 3.98.